The lowest BCUT2D eigenvalue weighted by atomic mass is 9.85. The van der Waals surface area contributed by atoms with Crippen molar-refractivity contribution in [3.63, 3.8) is 0 Å². The highest BCUT2D eigenvalue weighted by Crippen LogP contribution is 2.39. The number of guanidine groups is 1. The van der Waals surface area contributed by atoms with Crippen molar-refractivity contribution in [1.29, 1.82) is 0 Å². The molecule has 6 nitrogen and oxygen atoms in total. The first kappa shape index (κ1) is 22.4. The maximum absolute atomic E-state index is 12.7. The summed E-state index contributed by atoms with van der Waals surface area (Å²) in [4.78, 5) is 19.1. The van der Waals surface area contributed by atoms with E-state index < -0.39 is 10.8 Å². The molecule has 1 atom stereocenters. The van der Waals surface area contributed by atoms with Gasteiger partial charge in [0.15, 0.2) is 5.96 Å². The molecule has 0 radical (unpaired) electrons. The molecular weight excluding hydrogens is 372 g/mol. The van der Waals surface area contributed by atoms with Crippen molar-refractivity contribution >= 4 is 22.7 Å². The SMILES string of the molecule is CCNC(=NCC1(C(=O)N(C)C)CCCC1)NCCS(=O)Cc1ccccc1. The zero-order valence-corrected chi connectivity index (χ0v) is 18.2. The third kappa shape index (κ3) is 6.62. The van der Waals surface area contributed by atoms with E-state index in [-0.39, 0.29) is 11.3 Å². The number of amides is 1. The van der Waals surface area contributed by atoms with Gasteiger partial charge in [-0.15, -0.1) is 0 Å². The van der Waals surface area contributed by atoms with Crippen LogP contribution in [-0.4, -0.2) is 60.5 Å². The number of aliphatic imine (C=N–C) groups is 1. The maximum atomic E-state index is 12.7. The molecule has 1 aliphatic carbocycles. The van der Waals surface area contributed by atoms with E-state index >= 15 is 0 Å². The van der Waals surface area contributed by atoms with Crippen LogP contribution in [0.2, 0.25) is 0 Å². The van der Waals surface area contributed by atoms with Gasteiger partial charge in [0.05, 0.1) is 12.0 Å². The molecule has 156 valence electrons. The molecule has 0 spiro atoms. The van der Waals surface area contributed by atoms with Crippen LogP contribution in [0.3, 0.4) is 0 Å². The third-order valence-corrected chi connectivity index (χ3v) is 6.41. The molecular formula is C21H34N4O2S. The molecule has 7 heteroatoms. The molecule has 0 bridgehead atoms. The Morgan fingerprint density at radius 2 is 1.86 bits per heavy atom. The quantitative estimate of drug-likeness (QED) is 0.487. The first-order valence-electron chi connectivity index (χ1n) is 10.1. The molecule has 28 heavy (non-hydrogen) atoms. The Morgan fingerprint density at radius 3 is 2.46 bits per heavy atom. The molecule has 1 unspecified atom stereocenters. The molecule has 0 aromatic heterocycles. The summed E-state index contributed by atoms with van der Waals surface area (Å²) in [7, 11) is 2.71. The number of benzene rings is 1. The fourth-order valence-corrected chi connectivity index (χ4v) is 4.69. The predicted octanol–water partition coefficient (Wildman–Crippen LogP) is 2.14. The minimum atomic E-state index is -0.925. The molecule has 0 saturated heterocycles. The van der Waals surface area contributed by atoms with Crippen LogP contribution in [0, 0.1) is 5.41 Å². The summed E-state index contributed by atoms with van der Waals surface area (Å²) in [5.74, 6) is 1.99. The molecule has 1 aromatic rings. The summed E-state index contributed by atoms with van der Waals surface area (Å²) in [5, 5.41) is 6.50. The molecule has 1 saturated carbocycles. The first-order chi connectivity index (χ1) is 13.5. The highest BCUT2D eigenvalue weighted by atomic mass is 32.2. The number of nitrogens with one attached hydrogen (secondary N) is 2. The monoisotopic (exact) mass is 406 g/mol. The lowest BCUT2D eigenvalue weighted by Gasteiger charge is -2.29. The average molecular weight is 407 g/mol. The molecule has 1 aromatic carbocycles. The Kier molecular flexibility index (Phi) is 8.96. The second-order valence-electron chi connectivity index (χ2n) is 7.58. The van der Waals surface area contributed by atoms with Gasteiger partial charge in [0.2, 0.25) is 5.91 Å². The van der Waals surface area contributed by atoms with Gasteiger partial charge >= 0.3 is 0 Å². The molecule has 2 N–H and O–H groups in total. The smallest absolute Gasteiger partial charge is 0.230 e. The van der Waals surface area contributed by atoms with Crippen LogP contribution in [-0.2, 0) is 21.3 Å². The van der Waals surface area contributed by atoms with Gasteiger partial charge in [-0.25, -0.2) is 0 Å². The van der Waals surface area contributed by atoms with Crippen molar-refractivity contribution in [2.24, 2.45) is 10.4 Å². The number of hydrogen-bond donors (Lipinski definition) is 2. The van der Waals surface area contributed by atoms with Crippen molar-refractivity contribution in [3.05, 3.63) is 35.9 Å². The highest BCUT2D eigenvalue weighted by molar-refractivity contribution is 7.84. The minimum absolute atomic E-state index is 0.175. The zero-order valence-electron chi connectivity index (χ0n) is 17.4. The maximum Gasteiger partial charge on any atom is 0.230 e. The number of hydrogen-bond acceptors (Lipinski definition) is 3. The summed E-state index contributed by atoms with van der Waals surface area (Å²) in [6.45, 7) is 3.83. The van der Waals surface area contributed by atoms with Gasteiger partial charge in [0.1, 0.15) is 0 Å². The lowest BCUT2D eigenvalue weighted by Crippen LogP contribution is -2.43. The van der Waals surface area contributed by atoms with Crippen LogP contribution < -0.4 is 10.6 Å². The van der Waals surface area contributed by atoms with Crippen molar-refractivity contribution in [2.45, 2.75) is 38.4 Å². The van der Waals surface area contributed by atoms with Gasteiger partial charge in [0, 0.05) is 49.5 Å². The Hall–Kier alpha value is -1.89. The summed E-state index contributed by atoms with van der Waals surface area (Å²) in [6.07, 6.45) is 3.96. The van der Waals surface area contributed by atoms with Crippen LogP contribution in [0.1, 0.15) is 38.2 Å². The van der Waals surface area contributed by atoms with E-state index in [0.29, 0.717) is 30.6 Å². The average Bonchev–Trinajstić information content (AvgIpc) is 3.16. The van der Waals surface area contributed by atoms with Crippen LogP contribution in [0.15, 0.2) is 35.3 Å². The minimum Gasteiger partial charge on any atom is -0.357 e. The fraction of sp³-hybridized carbons (Fsp3) is 0.619. The molecule has 1 amide bonds. The van der Waals surface area contributed by atoms with Gasteiger partial charge in [-0.05, 0) is 25.3 Å². The van der Waals surface area contributed by atoms with E-state index in [9.17, 15) is 9.00 Å². The third-order valence-electron chi connectivity index (χ3n) is 5.10. The van der Waals surface area contributed by atoms with E-state index in [2.05, 4.69) is 10.6 Å². The summed E-state index contributed by atoms with van der Waals surface area (Å²) in [6, 6.07) is 9.90. The summed E-state index contributed by atoms with van der Waals surface area (Å²) in [5.41, 5.74) is 0.717. The number of carbonyl (C=O) groups excluding carboxylic acids is 1. The van der Waals surface area contributed by atoms with Crippen molar-refractivity contribution < 1.29 is 9.00 Å². The van der Waals surface area contributed by atoms with E-state index in [1.54, 1.807) is 4.90 Å². The van der Waals surface area contributed by atoms with E-state index in [4.69, 9.17) is 4.99 Å². The van der Waals surface area contributed by atoms with Crippen LogP contribution >= 0.6 is 0 Å². The van der Waals surface area contributed by atoms with Gasteiger partial charge in [-0.1, -0.05) is 43.2 Å². The van der Waals surface area contributed by atoms with Gasteiger partial charge < -0.3 is 15.5 Å². The van der Waals surface area contributed by atoms with Gasteiger partial charge in [0.25, 0.3) is 0 Å². The molecule has 0 aliphatic heterocycles. The lowest BCUT2D eigenvalue weighted by molar-refractivity contribution is -0.138. The van der Waals surface area contributed by atoms with Crippen LogP contribution in [0.25, 0.3) is 0 Å². The van der Waals surface area contributed by atoms with Crippen molar-refractivity contribution in [2.75, 3.05) is 39.5 Å². The van der Waals surface area contributed by atoms with Gasteiger partial charge in [-0.3, -0.25) is 14.0 Å². The normalized spacial score (nSPS) is 17.2. The first-order valence-corrected chi connectivity index (χ1v) is 11.6. The standard InChI is InChI=1S/C21H34N4O2S/c1-4-22-20(23-14-15-28(27)16-18-10-6-5-7-11-18)24-17-21(12-8-9-13-21)19(26)25(2)3/h5-7,10-11H,4,8-9,12-17H2,1-3H3,(H2,22,23,24). The Labute approximate surface area is 171 Å². The Balaban J connectivity index is 1.89. The Bertz CT molecular complexity index is 670. The fourth-order valence-electron chi connectivity index (χ4n) is 3.65. The Morgan fingerprint density at radius 1 is 1.18 bits per heavy atom. The zero-order chi connectivity index (χ0) is 20.4. The van der Waals surface area contributed by atoms with E-state index in [0.717, 1.165) is 37.8 Å². The predicted molar refractivity (Wildman–Crippen MR) is 117 cm³/mol. The number of rotatable bonds is 9. The topological polar surface area (TPSA) is 73.8 Å². The molecule has 2 rings (SSSR count). The second-order valence-corrected chi connectivity index (χ2v) is 9.16. The molecule has 0 heterocycles. The van der Waals surface area contributed by atoms with E-state index in [1.807, 2.05) is 51.4 Å². The van der Waals surface area contributed by atoms with Crippen LogP contribution in [0.5, 0.6) is 0 Å². The van der Waals surface area contributed by atoms with Crippen molar-refractivity contribution in [3.8, 4) is 0 Å². The molecule has 1 aliphatic rings. The second kappa shape index (κ2) is 11.2. The van der Waals surface area contributed by atoms with Crippen LogP contribution in [0.4, 0.5) is 0 Å². The summed E-state index contributed by atoms with van der Waals surface area (Å²) >= 11 is 0. The number of carbonyl (C=O) groups is 1. The van der Waals surface area contributed by atoms with Crippen molar-refractivity contribution in [1.82, 2.24) is 15.5 Å². The summed E-state index contributed by atoms with van der Waals surface area (Å²) < 4.78 is 12.3. The molecule has 1 fully saturated rings. The number of nitrogens with zero attached hydrogens (tertiary/aromatic N) is 2. The van der Waals surface area contributed by atoms with Gasteiger partial charge in [-0.2, -0.15) is 0 Å². The van der Waals surface area contributed by atoms with E-state index in [1.165, 1.54) is 0 Å². The highest BCUT2D eigenvalue weighted by Gasteiger charge is 2.42. The largest absolute Gasteiger partial charge is 0.357 e.